The van der Waals surface area contributed by atoms with Gasteiger partial charge in [-0.05, 0) is 13.8 Å². The Morgan fingerprint density at radius 3 is 0.909 bits per heavy atom. The molecule has 8 atom stereocenters. The first-order valence-corrected chi connectivity index (χ1v) is 6.36. The predicted octanol–water partition coefficient (Wildman–Crippen LogP) is -4.70. The topological polar surface area (TPSA) is 196 Å². The molecule has 8 N–H and O–H groups in total. The molecule has 22 heavy (non-hydrogen) atoms. The number of carbonyl (C=O) groups is 2. The number of aliphatic hydroxyl groups excluding tert-OH is 8. The monoisotopic (exact) mass is 328 g/mol. The fourth-order valence-electron chi connectivity index (χ4n) is 1.14. The molecule has 0 aliphatic heterocycles. The van der Waals surface area contributed by atoms with Gasteiger partial charge in [-0.1, -0.05) is 0 Å². The summed E-state index contributed by atoms with van der Waals surface area (Å²) in [5.41, 5.74) is 0. The van der Waals surface area contributed by atoms with E-state index >= 15 is 0 Å². The summed E-state index contributed by atoms with van der Waals surface area (Å²) in [5.74, 6) is 0. The van der Waals surface area contributed by atoms with E-state index in [0.717, 1.165) is 0 Å². The van der Waals surface area contributed by atoms with Gasteiger partial charge >= 0.3 is 0 Å². The maximum atomic E-state index is 9.87. The second-order valence-corrected chi connectivity index (χ2v) is 4.70. The summed E-state index contributed by atoms with van der Waals surface area (Å²) in [4.78, 5) is 19.7. The largest absolute Gasteiger partial charge is 0.391 e. The van der Waals surface area contributed by atoms with Crippen LogP contribution in [0.3, 0.4) is 0 Å². The molecule has 0 aliphatic rings. The maximum Gasteiger partial charge on any atom is 0.151 e. The molecule has 0 heterocycles. The van der Waals surface area contributed by atoms with Crippen LogP contribution in [0.2, 0.25) is 0 Å². The van der Waals surface area contributed by atoms with Gasteiger partial charge in [-0.3, -0.25) is 0 Å². The average molecular weight is 328 g/mol. The van der Waals surface area contributed by atoms with Crippen LogP contribution in [0.4, 0.5) is 0 Å². The molecule has 132 valence electrons. The molecule has 10 heteroatoms. The van der Waals surface area contributed by atoms with Crippen LogP contribution in [0.25, 0.3) is 0 Å². The Morgan fingerprint density at radius 1 is 0.545 bits per heavy atom. The van der Waals surface area contributed by atoms with Crippen LogP contribution in [0.1, 0.15) is 13.8 Å². The van der Waals surface area contributed by atoms with Crippen molar-refractivity contribution >= 4 is 12.6 Å². The van der Waals surface area contributed by atoms with Crippen molar-refractivity contribution in [2.24, 2.45) is 0 Å². The molecule has 0 rings (SSSR count). The molecular weight excluding hydrogens is 304 g/mol. The zero-order chi connectivity index (χ0) is 18.0. The minimum Gasteiger partial charge on any atom is -0.391 e. The van der Waals surface area contributed by atoms with Crippen LogP contribution >= 0.6 is 0 Å². The lowest BCUT2D eigenvalue weighted by Crippen LogP contribution is -2.43. The average Bonchev–Trinajstić information content (AvgIpc) is 2.50. The van der Waals surface area contributed by atoms with Crippen molar-refractivity contribution in [3.8, 4) is 0 Å². The lowest BCUT2D eigenvalue weighted by Gasteiger charge is -2.21. The quantitative estimate of drug-likeness (QED) is 0.200. The first kappa shape index (κ1) is 23.3. The summed E-state index contributed by atoms with van der Waals surface area (Å²) in [6, 6.07) is 0. The van der Waals surface area contributed by atoms with Gasteiger partial charge in [-0.25, -0.2) is 0 Å². The highest BCUT2D eigenvalue weighted by Gasteiger charge is 2.28. The summed E-state index contributed by atoms with van der Waals surface area (Å²) in [6.07, 6.45) is -11.8. The summed E-state index contributed by atoms with van der Waals surface area (Å²) < 4.78 is 0. The molecule has 0 saturated carbocycles. The molecule has 0 saturated heterocycles. The molecule has 0 amide bonds. The van der Waals surface area contributed by atoms with Crippen molar-refractivity contribution in [3.05, 3.63) is 0 Å². The second kappa shape index (κ2) is 11.6. The fraction of sp³-hybridized carbons (Fsp3) is 0.833. The van der Waals surface area contributed by atoms with E-state index in [-0.39, 0.29) is 12.6 Å². The molecule has 0 aromatic heterocycles. The number of hydrogen-bond acceptors (Lipinski definition) is 10. The van der Waals surface area contributed by atoms with E-state index < -0.39 is 48.8 Å². The summed E-state index contributed by atoms with van der Waals surface area (Å²) in [6.45, 7) is 2.48. The number of hydrogen-bond donors (Lipinski definition) is 8. The van der Waals surface area contributed by atoms with Gasteiger partial charge in [0.1, 0.15) is 36.6 Å². The highest BCUT2D eigenvalue weighted by atomic mass is 16.4. The third kappa shape index (κ3) is 8.46. The van der Waals surface area contributed by atoms with Gasteiger partial charge in [0.25, 0.3) is 0 Å². The Bertz CT molecular complexity index is 278. The summed E-state index contributed by atoms with van der Waals surface area (Å²) in [7, 11) is 0. The number of aliphatic hydroxyl groups is 8. The van der Waals surface area contributed by atoms with Crippen LogP contribution in [-0.2, 0) is 9.59 Å². The van der Waals surface area contributed by atoms with Crippen LogP contribution in [0, 0.1) is 0 Å². The summed E-state index contributed by atoms with van der Waals surface area (Å²) >= 11 is 0. The van der Waals surface area contributed by atoms with E-state index in [1.165, 1.54) is 13.8 Å². The summed E-state index contributed by atoms with van der Waals surface area (Å²) in [5, 5.41) is 70.2. The molecule has 0 aromatic carbocycles. The first-order valence-electron chi connectivity index (χ1n) is 6.36. The van der Waals surface area contributed by atoms with Gasteiger partial charge in [0.15, 0.2) is 12.6 Å². The lowest BCUT2D eigenvalue weighted by molar-refractivity contribution is -0.132. The van der Waals surface area contributed by atoms with Gasteiger partial charge in [0.2, 0.25) is 0 Å². The SMILES string of the molecule is C[C@@H](O)[C@H](O)[C@H](O)[C@@H](O)C=O.C[C@@H](O)[C@H](O)[C@H](O)[C@@H](O)C=O. The molecule has 10 nitrogen and oxygen atoms in total. The van der Waals surface area contributed by atoms with Crippen molar-refractivity contribution in [1.29, 1.82) is 0 Å². The normalized spacial score (nSPS) is 21.9. The number of aldehydes is 2. The highest BCUT2D eigenvalue weighted by Crippen LogP contribution is 2.03. The van der Waals surface area contributed by atoms with E-state index in [2.05, 4.69) is 0 Å². The highest BCUT2D eigenvalue weighted by molar-refractivity contribution is 5.57. The van der Waals surface area contributed by atoms with E-state index in [0.29, 0.717) is 0 Å². The third-order valence-corrected chi connectivity index (χ3v) is 2.67. The Hall–Kier alpha value is -0.980. The Labute approximate surface area is 126 Å². The van der Waals surface area contributed by atoms with E-state index in [9.17, 15) is 9.59 Å². The Balaban J connectivity index is 0. The second-order valence-electron chi connectivity index (χ2n) is 4.70. The van der Waals surface area contributed by atoms with Gasteiger partial charge < -0.3 is 50.4 Å². The number of rotatable bonds is 8. The lowest BCUT2D eigenvalue weighted by atomic mass is 10.1. The van der Waals surface area contributed by atoms with E-state index in [1.807, 2.05) is 0 Å². The Kier molecular flexibility index (Phi) is 12.2. The maximum absolute atomic E-state index is 9.87. The first-order chi connectivity index (χ1) is 10.0. The van der Waals surface area contributed by atoms with Crippen molar-refractivity contribution in [1.82, 2.24) is 0 Å². The van der Waals surface area contributed by atoms with Crippen LogP contribution < -0.4 is 0 Å². The van der Waals surface area contributed by atoms with Crippen molar-refractivity contribution in [2.45, 2.75) is 62.7 Å². The smallest absolute Gasteiger partial charge is 0.151 e. The van der Waals surface area contributed by atoms with Crippen molar-refractivity contribution < 1.29 is 50.4 Å². The molecule has 0 spiro atoms. The zero-order valence-corrected chi connectivity index (χ0v) is 12.2. The minimum absolute atomic E-state index is 0.0935. The zero-order valence-electron chi connectivity index (χ0n) is 12.2. The fourth-order valence-corrected chi connectivity index (χ4v) is 1.14. The molecule has 0 aromatic rings. The van der Waals surface area contributed by atoms with Crippen LogP contribution in [-0.4, -0.2) is 102 Å². The van der Waals surface area contributed by atoms with E-state index in [4.69, 9.17) is 40.9 Å². The van der Waals surface area contributed by atoms with Crippen molar-refractivity contribution in [3.63, 3.8) is 0 Å². The van der Waals surface area contributed by atoms with Crippen LogP contribution in [0.15, 0.2) is 0 Å². The number of carbonyl (C=O) groups excluding carboxylic acids is 2. The third-order valence-electron chi connectivity index (χ3n) is 2.67. The molecule has 0 aliphatic carbocycles. The predicted molar refractivity (Wildman–Crippen MR) is 71.5 cm³/mol. The van der Waals surface area contributed by atoms with Crippen LogP contribution in [0.5, 0.6) is 0 Å². The van der Waals surface area contributed by atoms with Gasteiger partial charge in [0, 0.05) is 0 Å². The van der Waals surface area contributed by atoms with Crippen molar-refractivity contribution in [2.75, 3.05) is 0 Å². The van der Waals surface area contributed by atoms with Gasteiger partial charge in [-0.15, -0.1) is 0 Å². The van der Waals surface area contributed by atoms with Gasteiger partial charge in [0.05, 0.1) is 12.2 Å². The molecular formula is C12H24O10. The molecule has 0 fully saturated rings. The molecule has 0 bridgehead atoms. The Morgan fingerprint density at radius 2 is 0.773 bits per heavy atom. The van der Waals surface area contributed by atoms with E-state index in [1.54, 1.807) is 0 Å². The molecule has 0 radical (unpaired) electrons. The minimum atomic E-state index is -1.65. The van der Waals surface area contributed by atoms with Gasteiger partial charge in [-0.2, -0.15) is 0 Å². The molecule has 0 unspecified atom stereocenters. The standard InChI is InChI=1S/2C6H12O5/c2*1-3(8)5(10)6(11)4(9)2-7/h2*2-6,8-11H,1H3/t2*3-,4+,5+,6-/m11/s1.